The van der Waals surface area contributed by atoms with Crippen molar-refractivity contribution in [3.05, 3.63) is 0 Å². The highest BCUT2D eigenvalue weighted by Crippen LogP contribution is 2.39. The second-order valence-electron chi connectivity index (χ2n) is 27.5. The monoisotopic (exact) mass is 1580 g/mol. The summed E-state index contributed by atoms with van der Waals surface area (Å²) in [5, 5.41) is 282. The number of hydrogen-bond donors (Lipinski definition) is 28. The molecular weight excluding hydrogens is 1480 g/mol. The first-order valence-corrected chi connectivity index (χ1v) is 34.5. The molecule has 48 nitrogen and oxygen atoms in total. The Balaban J connectivity index is 0.971. The van der Waals surface area contributed by atoms with E-state index in [0.29, 0.717) is 0 Å². The summed E-state index contributed by atoms with van der Waals surface area (Å²) in [6, 6.07) is -5.57. The molecule has 3 amide bonds. The zero-order chi connectivity index (χ0) is 79.5. The Morgan fingerprint density at radius 1 is 0.259 bits per heavy atom. The summed E-state index contributed by atoms with van der Waals surface area (Å²) >= 11 is 0. The van der Waals surface area contributed by atoms with Crippen molar-refractivity contribution in [3.63, 3.8) is 0 Å². The third-order valence-electron chi connectivity index (χ3n) is 19.9. The Hall–Kier alpha value is -3.27. The van der Waals surface area contributed by atoms with Crippen LogP contribution in [0.1, 0.15) is 27.7 Å². The molecule has 0 radical (unpaired) electrons. The van der Waals surface area contributed by atoms with E-state index in [0.717, 1.165) is 20.8 Å². The van der Waals surface area contributed by atoms with Gasteiger partial charge in [0.25, 0.3) is 0 Å². The van der Waals surface area contributed by atoms with Crippen molar-refractivity contribution < 1.29 is 223 Å². The second kappa shape index (κ2) is 38.5. The summed E-state index contributed by atoms with van der Waals surface area (Å²) in [4.78, 5) is 38.3. The van der Waals surface area contributed by atoms with E-state index in [-0.39, 0.29) is 0 Å². The number of nitrogens with one attached hydrogen (secondary N) is 3. The third-order valence-corrected chi connectivity index (χ3v) is 19.9. The van der Waals surface area contributed by atoms with Crippen LogP contribution in [0.2, 0.25) is 0 Å². The van der Waals surface area contributed by atoms with Crippen molar-refractivity contribution in [2.24, 2.45) is 0 Å². The van der Waals surface area contributed by atoms with Crippen LogP contribution in [0.3, 0.4) is 0 Å². The highest BCUT2D eigenvalue weighted by Gasteiger charge is 2.60. The average Bonchev–Trinajstić information content (AvgIpc) is 0.771. The molecular formula is C60H101N3O45. The minimum Gasteiger partial charge on any atom is -0.394 e. The van der Waals surface area contributed by atoms with Gasteiger partial charge in [-0.25, -0.2) is 0 Å². The SMILES string of the molecule is CC(=O)N[C@@H]1[C@@H](O)[C@H](O[C@@H]2O[C@H](CO)[C@@H](O[C@@H]3O[C@H](CO[C@H]4O[C@H](CO)[C@@H](O)[C@H](O)[C@@H]4O[C@@H]4O[C@H](CO)[C@@H](O[C@@H]5O[C@H](CO)[C@H](O)[C@H](O[C@H]6O[C@H](CO)[C@H](O)[C@H](O)[C@H]6O)[C@H]5O)[C@H](O)[C@H]4NC(C)=O)[C@@H](O)[C@H](O[C@H]4O[C@H](CO)[C@@H](O)[C@H](O)[C@@H]4O)[C@@H]3O)[C@H](O)[C@H]2NC(C)=O)[C@@H](CO[C@@H]2O[C@@H](C)[C@@H](O)[C@@H](O)[C@@H]2O)O[C@H]1O. The van der Waals surface area contributed by atoms with Gasteiger partial charge < -0.3 is 224 Å². The average molecular weight is 1580 g/mol. The number of rotatable bonds is 27. The van der Waals surface area contributed by atoms with Crippen LogP contribution in [0, 0.1) is 0 Å². The Labute approximate surface area is 611 Å². The molecule has 48 heteroatoms. The van der Waals surface area contributed by atoms with Gasteiger partial charge in [-0.05, 0) is 6.92 Å². The lowest BCUT2D eigenvalue weighted by atomic mass is 9.93. The predicted molar refractivity (Wildman–Crippen MR) is 330 cm³/mol. The molecule has 0 aromatic heterocycles. The molecule has 0 saturated carbocycles. The summed E-state index contributed by atoms with van der Waals surface area (Å²) in [7, 11) is 0. The first-order chi connectivity index (χ1) is 51.0. The van der Waals surface area contributed by atoms with Gasteiger partial charge in [0.15, 0.2) is 56.6 Å². The summed E-state index contributed by atoms with van der Waals surface area (Å²) in [6.07, 6.45) is -84.1. The first-order valence-electron chi connectivity index (χ1n) is 34.5. The van der Waals surface area contributed by atoms with Crippen LogP contribution in [0.4, 0.5) is 0 Å². The number of hydrogen-bond acceptors (Lipinski definition) is 45. The fraction of sp³-hybridized carbons (Fsp3) is 0.950. The Bertz CT molecular complexity index is 2820. The molecule has 0 spiro atoms. The van der Waals surface area contributed by atoms with E-state index < -0.39 is 347 Å². The smallest absolute Gasteiger partial charge is 0.217 e. The zero-order valence-electron chi connectivity index (χ0n) is 58.0. The van der Waals surface area contributed by atoms with Crippen molar-refractivity contribution in [3.8, 4) is 0 Å². The van der Waals surface area contributed by atoms with Crippen LogP contribution in [0.15, 0.2) is 0 Å². The van der Waals surface area contributed by atoms with Gasteiger partial charge in [0.05, 0.1) is 59.0 Å². The van der Waals surface area contributed by atoms with Crippen molar-refractivity contribution in [2.45, 2.75) is 304 Å². The second-order valence-corrected chi connectivity index (χ2v) is 27.5. The van der Waals surface area contributed by atoms with Gasteiger partial charge in [-0.1, -0.05) is 0 Å². The largest absolute Gasteiger partial charge is 0.394 e. The van der Waals surface area contributed by atoms with Gasteiger partial charge in [-0.3, -0.25) is 14.4 Å². The number of carbonyl (C=O) groups excluding carboxylic acids is 3. The van der Waals surface area contributed by atoms with Crippen LogP contribution in [0.5, 0.6) is 0 Å². The Morgan fingerprint density at radius 2 is 0.556 bits per heavy atom. The maximum absolute atomic E-state index is 13.0. The topological polar surface area (TPSA) is 750 Å². The van der Waals surface area contributed by atoms with E-state index in [9.17, 15) is 142 Å². The molecule has 9 heterocycles. The van der Waals surface area contributed by atoms with Crippen molar-refractivity contribution >= 4 is 17.7 Å². The van der Waals surface area contributed by atoms with E-state index in [1.807, 2.05) is 0 Å². The molecule has 0 unspecified atom stereocenters. The van der Waals surface area contributed by atoms with Crippen LogP contribution >= 0.6 is 0 Å². The van der Waals surface area contributed by atoms with Gasteiger partial charge in [-0.15, -0.1) is 0 Å². The lowest BCUT2D eigenvalue weighted by Crippen LogP contribution is -2.70. The summed E-state index contributed by atoms with van der Waals surface area (Å²) in [6.45, 7) is -4.14. The van der Waals surface area contributed by atoms with Crippen molar-refractivity contribution in [2.75, 3.05) is 52.9 Å². The molecule has 28 N–H and O–H groups in total. The number of carbonyl (C=O) groups is 3. The first kappa shape index (κ1) is 88.7. The Kier molecular flexibility index (Phi) is 31.6. The van der Waals surface area contributed by atoms with Crippen LogP contribution < -0.4 is 16.0 Å². The molecule has 0 aromatic rings. The standard InChI is InChI=1S/C60H101N3O45/c1-13-28(73)37(82)41(86)55(94-13)92-12-24-48(34(79)25(52(91)95-24)61-14(2)70)103-53-26(62-15(3)71)35(80)47(21(9-68)100-53)105-59-45(90)50(107-57-43(88)39(84)30(75)18(6-65)97-57)33(78)23(102-59)11-93-60-51(40(85)31(76)19(7-66)99-60)108-54-27(63-16(4)72)36(81)46(22(10-69)101-54)104-58-44(89)49(32(77)20(8-67)98-58)106-56-42(87)38(83)29(74)17(5-64)96-56/h13,17-60,64-69,73-91H,5-12H2,1-4H3,(H,61,70)(H,62,71)(H,63,72)/t13-,17+,18+,19+,20+,21+,22+,23+,24+,25+,26+,27+,28+,29-,30+,31+,32-,33+,34+,35+,36+,37+,38-,39-,40-,41-,42+,43-,44+,45-,46+,47+,48+,49-,50-,51-,52+,53-,54-,55+,56+,57+,58-,59-,60-/m0/s1. The number of aliphatic hydroxyl groups is 25. The van der Waals surface area contributed by atoms with Gasteiger partial charge in [0, 0.05) is 20.8 Å². The zero-order valence-corrected chi connectivity index (χ0v) is 58.0. The minimum atomic E-state index is -2.43. The predicted octanol–water partition coefficient (Wildman–Crippen LogP) is -19.2. The van der Waals surface area contributed by atoms with Crippen LogP contribution in [-0.2, 0) is 94.9 Å². The molecule has 0 aromatic carbocycles. The highest BCUT2D eigenvalue weighted by atomic mass is 16.8. The summed E-state index contributed by atoms with van der Waals surface area (Å²) in [5.74, 6) is -2.70. The minimum absolute atomic E-state index is 0.807. The highest BCUT2D eigenvalue weighted by molar-refractivity contribution is 5.74. The van der Waals surface area contributed by atoms with E-state index in [1.54, 1.807) is 0 Å². The summed E-state index contributed by atoms with van der Waals surface area (Å²) < 4.78 is 99.3. The van der Waals surface area contributed by atoms with Crippen LogP contribution in [0.25, 0.3) is 0 Å². The normalized spacial score (nSPS) is 50.4. The molecule has 108 heavy (non-hydrogen) atoms. The molecule has 45 atom stereocenters. The van der Waals surface area contributed by atoms with Crippen LogP contribution in [-0.4, -0.2) is 474 Å². The lowest BCUT2D eigenvalue weighted by Gasteiger charge is -2.50. The Morgan fingerprint density at radius 3 is 0.991 bits per heavy atom. The van der Waals surface area contributed by atoms with Gasteiger partial charge in [0.2, 0.25) is 17.7 Å². The van der Waals surface area contributed by atoms with Gasteiger partial charge in [-0.2, -0.15) is 0 Å². The molecule has 626 valence electrons. The molecule has 9 rings (SSSR count). The lowest BCUT2D eigenvalue weighted by molar-refractivity contribution is -0.391. The summed E-state index contributed by atoms with van der Waals surface area (Å²) in [5.41, 5.74) is 0. The number of aliphatic hydroxyl groups excluding tert-OH is 25. The maximum atomic E-state index is 13.0. The van der Waals surface area contributed by atoms with E-state index in [1.165, 1.54) is 6.92 Å². The quantitative estimate of drug-likeness (QED) is 0.0363. The third kappa shape index (κ3) is 19.3. The molecule has 0 bridgehead atoms. The molecule has 9 aliphatic heterocycles. The van der Waals surface area contributed by atoms with Gasteiger partial charge in [0.1, 0.15) is 213 Å². The fourth-order valence-electron chi connectivity index (χ4n) is 13.9. The van der Waals surface area contributed by atoms with E-state index in [4.69, 9.17) is 80.5 Å². The molecule has 9 aliphatic rings. The van der Waals surface area contributed by atoms with Crippen molar-refractivity contribution in [1.82, 2.24) is 16.0 Å². The fourth-order valence-corrected chi connectivity index (χ4v) is 13.9. The maximum Gasteiger partial charge on any atom is 0.217 e. The molecule has 9 fully saturated rings. The molecule has 9 saturated heterocycles. The van der Waals surface area contributed by atoms with E-state index in [2.05, 4.69) is 16.0 Å². The van der Waals surface area contributed by atoms with Crippen molar-refractivity contribution in [1.29, 1.82) is 0 Å². The number of amides is 3. The number of ether oxygens (including phenoxy) is 17. The molecule has 0 aliphatic carbocycles. The van der Waals surface area contributed by atoms with Gasteiger partial charge >= 0.3 is 0 Å². The van der Waals surface area contributed by atoms with E-state index >= 15 is 0 Å².